The van der Waals surface area contributed by atoms with Crippen molar-refractivity contribution in [1.82, 2.24) is 5.48 Å². The van der Waals surface area contributed by atoms with Crippen LogP contribution < -0.4 is 5.48 Å². The number of hydroxylamine groups is 1. The zero-order valence-corrected chi connectivity index (χ0v) is 4.96. The lowest BCUT2D eigenvalue weighted by Crippen LogP contribution is -2.20. The second-order valence-corrected chi connectivity index (χ2v) is 1.55. The third kappa shape index (κ3) is 3.48. The molecular weight excluding hydrogens is 124 g/mol. The van der Waals surface area contributed by atoms with Crippen molar-refractivity contribution >= 4 is 11.6 Å². The molecule has 0 bridgehead atoms. The minimum atomic E-state index is -0.592. The summed E-state index contributed by atoms with van der Waals surface area (Å²) in [5, 5.41) is 18.7. The van der Waals surface area contributed by atoms with Crippen LogP contribution in [-0.2, 0) is 4.79 Å². The fourth-order valence-electron chi connectivity index (χ4n) is 0.307. The highest BCUT2D eigenvalue weighted by atomic mass is 16.5. The maximum Gasteiger partial charge on any atom is 0.249 e. The van der Waals surface area contributed by atoms with Gasteiger partial charge in [-0.2, -0.15) is 0 Å². The number of hydrogen-bond donors (Lipinski definition) is 3. The second-order valence-electron chi connectivity index (χ2n) is 1.55. The topological polar surface area (TPSA) is 81.9 Å². The predicted octanol–water partition coefficient (Wildman–Crippen LogP) is -0.268. The molecule has 0 saturated carbocycles. The van der Waals surface area contributed by atoms with Crippen molar-refractivity contribution in [2.45, 2.75) is 13.3 Å². The molecule has 52 valence electrons. The van der Waals surface area contributed by atoms with Crippen LogP contribution in [0.4, 0.5) is 0 Å². The van der Waals surface area contributed by atoms with Crippen LogP contribution in [0, 0.1) is 0 Å². The third-order valence-electron chi connectivity index (χ3n) is 0.712. The molecule has 0 rings (SSSR count). The van der Waals surface area contributed by atoms with Gasteiger partial charge in [0.05, 0.1) is 12.1 Å². The average molecular weight is 132 g/mol. The molecule has 0 unspecified atom stereocenters. The van der Waals surface area contributed by atoms with Crippen molar-refractivity contribution in [2.24, 2.45) is 5.16 Å². The lowest BCUT2D eigenvalue weighted by Gasteiger charge is -1.93. The predicted molar refractivity (Wildman–Crippen MR) is 29.4 cm³/mol. The fourth-order valence-corrected chi connectivity index (χ4v) is 0.307. The van der Waals surface area contributed by atoms with Gasteiger partial charge in [0.1, 0.15) is 0 Å². The molecule has 0 radical (unpaired) electrons. The molecule has 0 fully saturated rings. The van der Waals surface area contributed by atoms with Crippen molar-refractivity contribution in [1.29, 1.82) is 0 Å². The Morgan fingerprint density at radius 3 is 2.67 bits per heavy atom. The van der Waals surface area contributed by atoms with E-state index in [9.17, 15) is 4.79 Å². The fraction of sp³-hybridized carbons (Fsp3) is 0.500. The molecule has 3 N–H and O–H groups in total. The van der Waals surface area contributed by atoms with Crippen molar-refractivity contribution in [3.8, 4) is 0 Å². The molecule has 9 heavy (non-hydrogen) atoms. The van der Waals surface area contributed by atoms with E-state index in [1.165, 1.54) is 12.4 Å². The third-order valence-corrected chi connectivity index (χ3v) is 0.712. The van der Waals surface area contributed by atoms with Crippen LogP contribution in [0.5, 0.6) is 0 Å². The highest BCUT2D eigenvalue weighted by Gasteiger charge is 2.00. The number of nitrogens with one attached hydrogen (secondary N) is 1. The van der Waals surface area contributed by atoms with Gasteiger partial charge in [-0.15, -0.1) is 0 Å². The number of carbonyl (C=O) groups is 1. The van der Waals surface area contributed by atoms with Crippen LogP contribution in [0.25, 0.3) is 0 Å². The van der Waals surface area contributed by atoms with Crippen LogP contribution in [0.15, 0.2) is 5.16 Å². The van der Waals surface area contributed by atoms with Gasteiger partial charge >= 0.3 is 0 Å². The maximum atomic E-state index is 10.2. The molecule has 0 aliphatic heterocycles. The van der Waals surface area contributed by atoms with Gasteiger partial charge in [-0.25, -0.2) is 5.48 Å². The lowest BCUT2D eigenvalue weighted by atomic mass is 10.3. The summed E-state index contributed by atoms with van der Waals surface area (Å²) in [6.45, 7) is 1.47. The first kappa shape index (κ1) is 7.90. The van der Waals surface area contributed by atoms with Gasteiger partial charge in [0, 0.05) is 0 Å². The van der Waals surface area contributed by atoms with Crippen LogP contribution >= 0.6 is 0 Å². The van der Waals surface area contributed by atoms with Gasteiger partial charge in [0.15, 0.2) is 0 Å². The van der Waals surface area contributed by atoms with Gasteiger partial charge in [-0.1, -0.05) is 5.16 Å². The number of carbonyl (C=O) groups excluding carboxylic acids is 1. The van der Waals surface area contributed by atoms with Gasteiger partial charge in [0.2, 0.25) is 5.91 Å². The molecule has 0 aromatic carbocycles. The van der Waals surface area contributed by atoms with E-state index in [2.05, 4.69) is 5.16 Å². The molecule has 5 heteroatoms. The van der Waals surface area contributed by atoms with Crippen LogP contribution in [0.1, 0.15) is 13.3 Å². The van der Waals surface area contributed by atoms with Gasteiger partial charge < -0.3 is 5.21 Å². The molecule has 1 amide bonds. The summed E-state index contributed by atoms with van der Waals surface area (Å²) in [7, 11) is 0. The number of hydrogen-bond acceptors (Lipinski definition) is 4. The summed E-state index contributed by atoms with van der Waals surface area (Å²) < 4.78 is 0. The van der Waals surface area contributed by atoms with E-state index in [4.69, 9.17) is 10.4 Å². The normalized spacial score (nSPS) is 11.1. The molecule has 0 aliphatic carbocycles. The van der Waals surface area contributed by atoms with Crippen molar-refractivity contribution in [3.63, 3.8) is 0 Å². The van der Waals surface area contributed by atoms with Crippen LogP contribution in [0.2, 0.25) is 0 Å². The lowest BCUT2D eigenvalue weighted by molar-refractivity contribution is -0.127. The standard InChI is InChI=1S/C4H8N2O3/c1-3(5-8)2-4(7)6-9/h8-9H,2H2,1H3,(H,6,7). The summed E-state index contributed by atoms with van der Waals surface area (Å²) in [4.78, 5) is 10.2. The number of oxime groups is 1. The highest BCUT2D eigenvalue weighted by molar-refractivity contribution is 5.98. The molecule has 5 nitrogen and oxygen atoms in total. The SMILES string of the molecule is CC(CC(=O)NO)=NO. The first-order valence-electron chi connectivity index (χ1n) is 2.31. The van der Waals surface area contributed by atoms with Gasteiger partial charge in [-0.05, 0) is 6.92 Å². The Balaban J connectivity index is 3.60. The van der Waals surface area contributed by atoms with Crippen molar-refractivity contribution in [2.75, 3.05) is 0 Å². The largest absolute Gasteiger partial charge is 0.411 e. The Morgan fingerprint density at radius 2 is 2.33 bits per heavy atom. The highest BCUT2D eigenvalue weighted by Crippen LogP contribution is 1.82. The molecule has 0 atom stereocenters. The van der Waals surface area contributed by atoms with E-state index in [1.54, 1.807) is 0 Å². The zero-order chi connectivity index (χ0) is 7.28. The van der Waals surface area contributed by atoms with Gasteiger partial charge in [-0.3, -0.25) is 10.0 Å². The number of nitrogens with zero attached hydrogens (tertiary/aromatic N) is 1. The average Bonchev–Trinajstić information content (AvgIpc) is 1.87. The minimum absolute atomic E-state index is 0.0903. The zero-order valence-electron chi connectivity index (χ0n) is 4.96. The Labute approximate surface area is 51.9 Å². The first-order chi connectivity index (χ1) is 4.20. The Morgan fingerprint density at radius 1 is 1.78 bits per heavy atom. The maximum absolute atomic E-state index is 10.2. The summed E-state index contributed by atoms with van der Waals surface area (Å²) in [6.07, 6.45) is -0.0903. The molecule has 0 aromatic heterocycles. The minimum Gasteiger partial charge on any atom is -0.411 e. The Kier molecular flexibility index (Phi) is 3.38. The Hall–Kier alpha value is -1.10. The molecule has 0 saturated heterocycles. The van der Waals surface area contributed by atoms with E-state index in [0.717, 1.165) is 0 Å². The van der Waals surface area contributed by atoms with Crippen LogP contribution in [0.3, 0.4) is 0 Å². The second kappa shape index (κ2) is 3.85. The van der Waals surface area contributed by atoms with E-state index in [-0.39, 0.29) is 12.1 Å². The van der Waals surface area contributed by atoms with Crippen molar-refractivity contribution < 1.29 is 15.2 Å². The summed E-state index contributed by atoms with van der Waals surface area (Å²) in [6, 6.07) is 0. The van der Waals surface area contributed by atoms with E-state index >= 15 is 0 Å². The molecule has 0 aromatic rings. The Bertz CT molecular complexity index is 132. The first-order valence-corrected chi connectivity index (χ1v) is 2.31. The smallest absolute Gasteiger partial charge is 0.249 e. The summed E-state index contributed by atoms with van der Waals surface area (Å²) in [5.41, 5.74) is 1.65. The van der Waals surface area contributed by atoms with E-state index < -0.39 is 5.91 Å². The molecule has 0 heterocycles. The summed E-state index contributed by atoms with van der Waals surface area (Å²) in [5.74, 6) is -0.592. The monoisotopic (exact) mass is 132 g/mol. The quantitative estimate of drug-likeness (QED) is 0.209. The van der Waals surface area contributed by atoms with E-state index in [1.807, 2.05) is 0 Å². The van der Waals surface area contributed by atoms with Crippen molar-refractivity contribution in [3.05, 3.63) is 0 Å². The molecule has 0 aliphatic rings. The molecule has 0 spiro atoms. The molecular formula is C4H8N2O3. The number of amides is 1. The van der Waals surface area contributed by atoms with Gasteiger partial charge in [0.25, 0.3) is 0 Å². The van der Waals surface area contributed by atoms with Crippen LogP contribution in [-0.4, -0.2) is 22.0 Å². The van der Waals surface area contributed by atoms with E-state index in [0.29, 0.717) is 0 Å². The number of rotatable bonds is 2. The summed E-state index contributed by atoms with van der Waals surface area (Å²) >= 11 is 0.